The molecular weight excluding hydrogens is 306 g/mol. The maximum Gasteiger partial charge on any atom is 0.410 e. The van der Waals surface area contributed by atoms with Crippen molar-refractivity contribution in [3.63, 3.8) is 0 Å². The molecule has 0 spiro atoms. The van der Waals surface area contributed by atoms with Crippen LogP contribution >= 0.6 is 0 Å². The number of carbonyl (C=O) groups is 1. The number of anilines is 1. The molecule has 2 heterocycles. The van der Waals surface area contributed by atoms with Crippen LogP contribution in [0.15, 0.2) is 23.2 Å². The molecule has 2 aliphatic heterocycles. The van der Waals surface area contributed by atoms with E-state index in [1.807, 2.05) is 50.1 Å². The number of nitrogens with zero attached hydrogens (tertiary/aromatic N) is 3. The van der Waals surface area contributed by atoms with Crippen molar-refractivity contribution in [1.82, 2.24) is 4.90 Å². The number of β-amino-alcohol motifs (C(OH)–C–C–N with tert-alkyl or cyclic N) is 1. The number of hydrogen-bond donors (Lipinski definition) is 1. The fourth-order valence-electron chi connectivity index (χ4n) is 3.13. The van der Waals surface area contributed by atoms with Crippen molar-refractivity contribution in [3.05, 3.63) is 29.3 Å². The first kappa shape index (κ1) is 16.8. The van der Waals surface area contributed by atoms with E-state index in [9.17, 15) is 9.90 Å². The molecule has 0 aliphatic carbocycles. The number of aliphatic imine (C=N–C) groups is 1. The number of amides is 1. The van der Waals surface area contributed by atoms with Gasteiger partial charge in [0.2, 0.25) is 0 Å². The maximum atomic E-state index is 12.2. The summed E-state index contributed by atoms with van der Waals surface area (Å²) in [5, 5.41) is 10.6. The second-order valence-corrected chi connectivity index (χ2v) is 7.23. The summed E-state index contributed by atoms with van der Waals surface area (Å²) in [7, 11) is 0. The number of carbonyl (C=O) groups excluding carboxylic acids is 1. The van der Waals surface area contributed by atoms with Crippen LogP contribution in [-0.2, 0) is 11.2 Å². The fraction of sp³-hybridized carbons (Fsp3) is 0.556. The molecule has 0 bridgehead atoms. The molecule has 0 saturated carbocycles. The molecular formula is C18H25N3O3. The predicted molar refractivity (Wildman–Crippen MR) is 93.8 cm³/mol. The normalized spacial score (nSPS) is 20.8. The Morgan fingerprint density at radius 2 is 2.12 bits per heavy atom. The van der Waals surface area contributed by atoms with Gasteiger partial charge in [0.05, 0.1) is 6.54 Å². The van der Waals surface area contributed by atoms with E-state index in [-0.39, 0.29) is 12.6 Å². The van der Waals surface area contributed by atoms with Gasteiger partial charge in [0, 0.05) is 31.5 Å². The second kappa shape index (κ2) is 6.43. The van der Waals surface area contributed by atoms with Crippen LogP contribution in [0.3, 0.4) is 0 Å². The monoisotopic (exact) mass is 331 g/mol. The summed E-state index contributed by atoms with van der Waals surface area (Å²) >= 11 is 0. The zero-order valence-corrected chi connectivity index (χ0v) is 14.5. The van der Waals surface area contributed by atoms with Gasteiger partial charge in [-0.3, -0.25) is 4.99 Å². The number of rotatable bonds is 1. The van der Waals surface area contributed by atoms with Crippen molar-refractivity contribution in [1.29, 1.82) is 0 Å². The first-order chi connectivity index (χ1) is 11.3. The summed E-state index contributed by atoms with van der Waals surface area (Å²) in [4.78, 5) is 20.1. The lowest BCUT2D eigenvalue weighted by Crippen LogP contribution is -2.56. The third-order valence-electron chi connectivity index (χ3n) is 4.22. The lowest BCUT2D eigenvalue weighted by atomic mass is 9.99. The van der Waals surface area contributed by atoms with Crippen molar-refractivity contribution in [3.8, 4) is 0 Å². The quantitative estimate of drug-likeness (QED) is 0.855. The van der Waals surface area contributed by atoms with Gasteiger partial charge in [-0.2, -0.15) is 0 Å². The molecule has 0 radical (unpaired) electrons. The molecule has 1 aromatic rings. The van der Waals surface area contributed by atoms with Gasteiger partial charge in [-0.15, -0.1) is 0 Å². The van der Waals surface area contributed by atoms with Crippen LogP contribution in [-0.4, -0.2) is 60.3 Å². The van der Waals surface area contributed by atoms with E-state index < -0.39 is 11.8 Å². The molecule has 1 amide bonds. The maximum absolute atomic E-state index is 12.2. The van der Waals surface area contributed by atoms with Crippen LogP contribution < -0.4 is 4.90 Å². The van der Waals surface area contributed by atoms with Crippen molar-refractivity contribution < 1.29 is 14.6 Å². The Kier molecular flexibility index (Phi) is 4.49. The van der Waals surface area contributed by atoms with Crippen molar-refractivity contribution in [2.45, 2.75) is 39.0 Å². The van der Waals surface area contributed by atoms with E-state index in [1.54, 1.807) is 4.90 Å². The number of benzene rings is 1. The molecule has 130 valence electrons. The van der Waals surface area contributed by atoms with Crippen molar-refractivity contribution in [2.75, 3.05) is 31.1 Å². The van der Waals surface area contributed by atoms with Crippen molar-refractivity contribution in [2.24, 2.45) is 4.99 Å². The Morgan fingerprint density at radius 1 is 1.33 bits per heavy atom. The third-order valence-corrected chi connectivity index (χ3v) is 4.22. The first-order valence-corrected chi connectivity index (χ1v) is 8.39. The molecule has 0 aromatic heterocycles. The van der Waals surface area contributed by atoms with Gasteiger partial charge >= 0.3 is 6.09 Å². The highest BCUT2D eigenvalue weighted by Crippen LogP contribution is 2.28. The lowest BCUT2D eigenvalue weighted by molar-refractivity contribution is 0.00735. The average Bonchev–Trinajstić information content (AvgIpc) is 2.53. The SMILES string of the molecule is CC(C)(C)OC(=O)N1CCN(c2cccc3c2CCN=C3)C(O)C1. The number of aliphatic hydroxyl groups is 1. The molecule has 1 fully saturated rings. The summed E-state index contributed by atoms with van der Waals surface area (Å²) in [6, 6.07) is 6.06. The molecule has 1 aromatic carbocycles. The van der Waals surface area contributed by atoms with E-state index in [0.717, 1.165) is 24.2 Å². The molecule has 24 heavy (non-hydrogen) atoms. The second-order valence-electron chi connectivity index (χ2n) is 7.23. The smallest absolute Gasteiger partial charge is 0.410 e. The third kappa shape index (κ3) is 3.53. The molecule has 2 aliphatic rings. The summed E-state index contributed by atoms with van der Waals surface area (Å²) in [6.45, 7) is 7.66. The number of piperazine rings is 1. The summed E-state index contributed by atoms with van der Waals surface area (Å²) in [6.07, 6.45) is 1.66. The van der Waals surface area contributed by atoms with Gasteiger partial charge in [-0.25, -0.2) is 4.79 Å². The highest BCUT2D eigenvalue weighted by molar-refractivity contribution is 5.86. The molecule has 6 heteroatoms. The Hall–Kier alpha value is -2.08. The lowest BCUT2D eigenvalue weighted by Gasteiger charge is -2.41. The van der Waals surface area contributed by atoms with E-state index in [4.69, 9.17) is 4.74 Å². The first-order valence-electron chi connectivity index (χ1n) is 8.39. The molecule has 1 N–H and O–H groups in total. The summed E-state index contributed by atoms with van der Waals surface area (Å²) in [5.41, 5.74) is 2.84. The molecule has 6 nitrogen and oxygen atoms in total. The van der Waals surface area contributed by atoms with Crippen LogP contribution in [0.4, 0.5) is 10.5 Å². The number of hydrogen-bond acceptors (Lipinski definition) is 5. The topological polar surface area (TPSA) is 65.4 Å². The van der Waals surface area contributed by atoms with Crippen molar-refractivity contribution >= 4 is 18.0 Å². The Bertz CT molecular complexity index is 651. The predicted octanol–water partition coefficient (Wildman–Crippen LogP) is 2.04. The minimum Gasteiger partial charge on any atom is -0.444 e. The largest absolute Gasteiger partial charge is 0.444 e. The van der Waals surface area contributed by atoms with Crippen LogP contribution in [0.1, 0.15) is 31.9 Å². The zero-order valence-electron chi connectivity index (χ0n) is 14.5. The highest BCUT2D eigenvalue weighted by Gasteiger charge is 2.32. The van der Waals surface area contributed by atoms with Gasteiger partial charge < -0.3 is 19.6 Å². The van der Waals surface area contributed by atoms with E-state index in [1.165, 1.54) is 5.56 Å². The average molecular weight is 331 g/mol. The number of fused-ring (bicyclic) bond motifs is 1. The fourth-order valence-corrected chi connectivity index (χ4v) is 3.13. The number of ether oxygens (including phenoxy) is 1. The molecule has 1 atom stereocenters. The van der Waals surface area contributed by atoms with Gasteiger partial charge in [-0.1, -0.05) is 12.1 Å². The molecule has 1 saturated heterocycles. The van der Waals surface area contributed by atoms with Gasteiger partial charge in [0.15, 0.2) is 0 Å². The minimum absolute atomic E-state index is 0.243. The van der Waals surface area contributed by atoms with Gasteiger partial charge in [0.1, 0.15) is 11.8 Å². The van der Waals surface area contributed by atoms with E-state index >= 15 is 0 Å². The summed E-state index contributed by atoms with van der Waals surface area (Å²) in [5.74, 6) is 0. The number of aliphatic hydroxyl groups excluding tert-OH is 1. The molecule has 1 unspecified atom stereocenters. The minimum atomic E-state index is -0.739. The van der Waals surface area contributed by atoms with Crippen LogP contribution in [0.2, 0.25) is 0 Å². The van der Waals surface area contributed by atoms with Gasteiger partial charge in [-0.05, 0) is 44.4 Å². The highest BCUT2D eigenvalue weighted by atomic mass is 16.6. The van der Waals surface area contributed by atoms with Gasteiger partial charge in [0.25, 0.3) is 0 Å². The standard InChI is InChI=1S/C18H25N3O3/c1-18(2,3)24-17(23)20-9-10-21(16(22)12-20)15-6-4-5-13-11-19-8-7-14(13)15/h4-6,11,16,22H,7-10,12H2,1-3H3. The molecule has 3 rings (SSSR count). The van der Waals surface area contributed by atoms with E-state index in [2.05, 4.69) is 4.99 Å². The van der Waals surface area contributed by atoms with E-state index in [0.29, 0.717) is 13.1 Å². The van der Waals surface area contributed by atoms with Crippen LogP contribution in [0.25, 0.3) is 0 Å². The Morgan fingerprint density at radius 3 is 2.83 bits per heavy atom. The van der Waals surface area contributed by atoms with Crippen LogP contribution in [0.5, 0.6) is 0 Å². The Labute approximate surface area is 142 Å². The Balaban J connectivity index is 1.73. The summed E-state index contributed by atoms with van der Waals surface area (Å²) < 4.78 is 5.40. The zero-order chi connectivity index (χ0) is 17.3. The van der Waals surface area contributed by atoms with Crippen LogP contribution in [0, 0.1) is 0 Å².